The summed E-state index contributed by atoms with van der Waals surface area (Å²) in [5.74, 6) is -0.474. The number of likely N-dealkylation sites (tertiary alicyclic amines) is 1. The van der Waals surface area contributed by atoms with Crippen LogP contribution in [-0.2, 0) is 14.4 Å². The second kappa shape index (κ2) is 9.88. The summed E-state index contributed by atoms with van der Waals surface area (Å²) in [5, 5.41) is 6.01. The monoisotopic (exact) mass is 345 g/mol. The van der Waals surface area contributed by atoms with Crippen LogP contribution in [0.1, 0.15) is 45.4 Å². The zero-order chi connectivity index (χ0) is 15.9. The standard InChI is InChI=1S/C16H27N3O3.ClH/c1-2-8-17-9-10-18-14(20)7-11-19-15(21)12-5-3-4-6-13(12)16(19)22;/h12-13,17H,2-11H2,1H3,(H,18,20);1H. The SMILES string of the molecule is CCCNCCNC(=O)CCN1C(=O)C2CCCCC2C1=O.Cl. The van der Waals surface area contributed by atoms with Gasteiger partial charge in [0.25, 0.3) is 0 Å². The predicted molar refractivity (Wildman–Crippen MR) is 90.2 cm³/mol. The van der Waals surface area contributed by atoms with Crippen molar-refractivity contribution in [3.63, 3.8) is 0 Å². The zero-order valence-electron chi connectivity index (χ0n) is 13.8. The van der Waals surface area contributed by atoms with E-state index in [0.29, 0.717) is 6.54 Å². The first kappa shape index (κ1) is 19.9. The number of carbonyl (C=O) groups excluding carboxylic acids is 3. The Balaban J connectivity index is 0.00000264. The fourth-order valence-corrected chi connectivity index (χ4v) is 3.35. The van der Waals surface area contributed by atoms with Crippen LogP contribution in [-0.4, -0.2) is 48.8 Å². The number of hydrogen-bond donors (Lipinski definition) is 2. The van der Waals surface area contributed by atoms with Gasteiger partial charge in [0, 0.05) is 26.1 Å². The quantitative estimate of drug-likeness (QED) is 0.510. The van der Waals surface area contributed by atoms with Gasteiger partial charge in [0.2, 0.25) is 17.7 Å². The molecule has 2 unspecified atom stereocenters. The Morgan fingerprint density at radius 3 is 2.26 bits per heavy atom. The van der Waals surface area contributed by atoms with Crippen LogP contribution < -0.4 is 10.6 Å². The van der Waals surface area contributed by atoms with E-state index in [1.54, 1.807) is 0 Å². The fourth-order valence-electron chi connectivity index (χ4n) is 3.35. The van der Waals surface area contributed by atoms with Gasteiger partial charge < -0.3 is 10.6 Å². The van der Waals surface area contributed by atoms with Crippen LogP contribution in [0.3, 0.4) is 0 Å². The number of carbonyl (C=O) groups is 3. The summed E-state index contributed by atoms with van der Waals surface area (Å²) in [4.78, 5) is 37.6. The molecule has 0 bridgehead atoms. The second-order valence-corrected chi connectivity index (χ2v) is 6.18. The van der Waals surface area contributed by atoms with Crippen molar-refractivity contribution < 1.29 is 14.4 Å². The molecule has 1 aliphatic heterocycles. The molecule has 1 saturated carbocycles. The van der Waals surface area contributed by atoms with Crippen LogP contribution >= 0.6 is 12.4 Å². The van der Waals surface area contributed by atoms with Gasteiger partial charge in [-0.05, 0) is 25.8 Å². The van der Waals surface area contributed by atoms with E-state index in [9.17, 15) is 14.4 Å². The summed E-state index contributed by atoms with van der Waals surface area (Å²) in [6.07, 6.45) is 4.96. The average molecular weight is 346 g/mol. The van der Waals surface area contributed by atoms with Gasteiger partial charge in [-0.2, -0.15) is 0 Å². The van der Waals surface area contributed by atoms with Gasteiger partial charge in [-0.25, -0.2) is 0 Å². The van der Waals surface area contributed by atoms with Crippen molar-refractivity contribution in [2.24, 2.45) is 11.8 Å². The maximum absolute atomic E-state index is 12.3. The van der Waals surface area contributed by atoms with Crippen LogP contribution in [0.2, 0.25) is 0 Å². The van der Waals surface area contributed by atoms with Crippen molar-refractivity contribution >= 4 is 30.1 Å². The molecule has 0 aromatic heterocycles. The third kappa shape index (κ3) is 5.18. The molecule has 1 aliphatic carbocycles. The van der Waals surface area contributed by atoms with E-state index in [0.717, 1.165) is 45.2 Å². The lowest BCUT2D eigenvalue weighted by Crippen LogP contribution is -2.37. The maximum atomic E-state index is 12.3. The number of nitrogens with one attached hydrogen (secondary N) is 2. The van der Waals surface area contributed by atoms with E-state index in [1.807, 2.05) is 0 Å². The predicted octanol–water partition coefficient (Wildman–Crippen LogP) is 1.09. The number of amides is 3. The minimum absolute atomic E-state index is 0. The normalized spacial score (nSPS) is 23.4. The molecule has 0 spiro atoms. The zero-order valence-corrected chi connectivity index (χ0v) is 14.6. The number of hydrogen-bond acceptors (Lipinski definition) is 4. The number of rotatable bonds is 8. The Hall–Kier alpha value is -1.14. The smallest absolute Gasteiger partial charge is 0.233 e. The van der Waals surface area contributed by atoms with Crippen molar-refractivity contribution in [3.05, 3.63) is 0 Å². The molecular formula is C16H28ClN3O3. The molecule has 2 N–H and O–H groups in total. The first-order chi connectivity index (χ1) is 10.6. The summed E-state index contributed by atoms with van der Waals surface area (Å²) in [5.41, 5.74) is 0. The van der Waals surface area contributed by atoms with Gasteiger partial charge in [-0.3, -0.25) is 19.3 Å². The van der Waals surface area contributed by atoms with Crippen LogP contribution in [0, 0.1) is 11.8 Å². The number of halogens is 1. The molecule has 132 valence electrons. The molecule has 1 heterocycles. The minimum atomic E-state index is -0.123. The van der Waals surface area contributed by atoms with Gasteiger partial charge in [0.15, 0.2) is 0 Å². The molecule has 0 radical (unpaired) electrons. The lowest BCUT2D eigenvalue weighted by atomic mass is 9.81. The summed E-state index contributed by atoms with van der Waals surface area (Å²) in [7, 11) is 0. The van der Waals surface area contributed by atoms with Crippen LogP contribution in [0.5, 0.6) is 0 Å². The highest BCUT2D eigenvalue weighted by Crippen LogP contribution is 2.37. The van der Waals surface area contributed by atoms with E-state index in [1.165, 1.54) is 4.90 Å². The summed E-state index contributed by atoms with van der Waals surface area (Å²) in [6, 6.07) is 0. The van der Waals surface area contributed by atoms with E-state index >= 15 is 0 Å². The largest absolute Gasteiger partial charge is 0.355 e. The third-order valence-electron chi connectivity index (χ3n) is 4.55. The first-order valence-corrected chi connectivity index (χ1v) is 8.47. The van der Waals surface area contributed by atoms with Gasteiger partial charge in [0.1, 0.15) is 0 Å². The van der Waals surface area contributed by atoms with Crippen molar-refractivity contribution in [1.82, 2.24) is 15.5 Å². The van der Waals surface area contributed by atoms with Crippen molar-refractivity contribution in [2.75, 3.05) is 26.2 Å². The van der Waals surface area contributed by atoms with Gasteiger partial charge in [-0.1, -0.05) is 19.8 Å². The molecule has 2 rings (SSSR count). The maximum Gasteiger partial charge on any atom is 0.233 e. The first-order valence-electron chi connectivity index (χ1n) is 8.47. The minimum Gasteiger partial charge on any atom is -0.355 e. The van der Waals surface area contributed by atoms with Gasteiger partial charge in [-0.15, -0.1) is 12.4 Å². The highest BCUT2D eigenvalue weighted by atomic mass is 35.5. The van der Waals surface area contributed by atoms with Gasteiger partial charge in [0.05, 0.1) is 11.8 Å². The lowest BCUT2D eigenvalue weighted by Gasteiger charge is -2.19. The Morgan fingerprint density at radius 2 is 1.70 bits per heavy atom. The van der Waals surface area contributed by atoms with E-state index in [2.05, 4.69) is 17.6 Å². The molecule has 2 atom stereocenters. The molecule has 0 aromatic carbocycles. The topological polar surface area (TPSA) is 78.5 Å². The average Bonchev–Trinajstić information content (AvgIpc) is 2.77. The van der Waals surface area contributed by atoms with E-state index < -0.39 is 0 Å². The van der Waals surface area contributed by atoms with Crippen LogP contribution in [0.15, 0.2) is 0 Å². The number of nitrogens with zero attached hydrogens (tertiary/aromatic N) is 1. The summed E-state index contributed by atoms with van der Waals surface area (Å²) in [6.45, 7) is 4.57. The molecule has 3 amide bonds. The van der Waals surface area contributed by atoms with Crippen molar-refractivity contribution in [1.29, 1.82) is 0 Å². The molecule has 7 heteroatoms. The summed E-state index contributed by atoms with van der Waals surface area (Å²) >= 11 is 0. The summed E-state index contributed by atoms with van der Waals surface area (Å²) < 4.78 is 0. The molecule has 2 aliphatic rings. The highest BCUT2D eigenvalue weighted by molar-refractivity contribution is 6.05. The van der Waals surface area contributed by atoms with Crippen molar-refractivity contribution in [3.8, 4) is 0 Å². The lowest BCUT2D eigenvalue weighted by molar-refractivity contribution is -0.140. The molecule has 6 nitrogen and oxygen atoms in total. The van der Waals surface area contributed by atoms with Crippen molar-refractivity contribution in [2.45, 2.75) is 45.4 Å². The highest BCUT2D eigenvalue weighted by Gasteiger charge is 2.47. The van der Waals surface area contributed by atoms with Crippen LogP contribution in [0.25, 0.3) is 0 Å². The molecule has 23 heavy (non-hydrogen) atoms. The fraction of sp³-hybridized carbons (Fsp3) is 0.812. The van der Waals surface area contributed by atoms with Gasteiger partial charge >= 0.3 is 0 Å². The van der Waals surface area contributed by atoms with E-state index in [4.69, 9.17) is 0 Å². The number of imide groups is 1. The molecule has 2 fully saturated rings. The Kier molecular flexibility index (Phi) is 8.55. The number of fused-ring (bicyclic) bond motifs is 1. The Bertz CT molecular complexity index is 407. The molecule has 1 saturated heterocycles. The second-order valence-electron chi connectivity index (χ2n) is 6.18. The molecule has 0 aromatic rings. The third-order valence-corrected chi connectivity index (χ3v) is 4.55. The molecular weight excluding hydrogens is 318 g/mol. The Labute approximate surface area is 144 Å². The van der Waals surface area contributed by atoms with E-state index in [-0.39, 0.29) is 54.9 Å². The van der Waals surface area contributed by atoms with Crippen LogP contribution in [0.4, 0.5) is 0 Å². The Morgan fingerprint density at radius 1 is 1.09 bits per heavy atom.